The average Bonchev–Trinajstić information content (AvgIpc) is 3.39. The van der Waals surface area contributed by atoms with E-state index >= 15 is 0 Å². The molecule has 8 rings (SSSR count). The molecule has 0 aliphatic heterocycles. The largest absolute Gasteiger partial charge is 0.456 e. The van der Waals surface area contributed by atoms with Crippen molar-refractivity contribution in [3.63, 3.8) is 0 Å². The summed E-state index contributed by atoms with van der Waals surface area (Å²) in [5.41, 5.74) is 9.65. The van der Waals surface area contributed by atoms with E-state index in [1.54, 1.807) is 6.20 Å². The van der Waals surface area contributed by atoms with Crippen LogP contribution < -0.4 is 0 Å². The lowest BCUT2D eigenvalue weighted by Crippen LogP contribution is -1.91. The third-order valence-corrected chi connectivity index (χ3v) is 7.35. The fraction of sp³-hybridized carbons (Fsp3) is 0. The Morgan fingerprint density at radius 3 is 1.97 bits per heavy atom. The van der Waals surface area contributed by atoms with Gasteiger partial charge >= 0.3 is 0 Å². The zero-order valence-electron chi connectivity index (χ0n) is 20.9. The first kappa shape index (κ1) is 21.7. The maximum Gasteiger partial charge on any atom is 0.136 e. The Kier molecular flexibility index (Phi) is 4.79. The van der Waals surface area contributed by atoms with E-state index in [9.17, 15) is 0 Å². The van der Waals surface area contributed by atoms with Crippen LogP contribution in [-0.4, -0.2) is 15.0 Å². The highest BCUT2D eigenvalue weighted by molar-refractivity contribution is 6.13. The molecule has 0 bridgehead atoms. The van der Waals surface area contributed by atoms with Crippen molar-refractivity contribution in [3.05, 3.63) is 128 Å². The minimum Gasteiger partial charge on any atom is -0.456 e. The van der Waals surface area contributed by atoms with Crippen LogP contribution in [0, 0.1) is 0 Å². The lowest BCUT2D eigenvalue weighted by Gasteiger charge is -2.08. The van der Waals surface area contributed by atoms with Gasteiger partial charge in [-0.2, -0.15) is 0 Å². The van der Waals surface area contributed by atoms with Gasteiger partial charge in [0.2, 0.25) is 0 Å². The van der Waals surface area contributed by atoms with Gasteiger partial charge in [0, 0.05) is 50.6 Å². The molecule has 8 aromatic rings. The second-order valence-electron chi connectivity index (χ2n) is 9.70. The predicted octanol–water partition coefficient (Wildman–Crippen LogP) is 9.08. The van der Waals surface area contributed by atoms with Crippen molar-refractivity contribution >= 4 is 43.7 Å². The van der Waals surface area contributed by atoms with Gasteiger partial charge in [0.15, 0.2) is 0 Å². The van der Waals surface area contributed by atoms with Gasteiger partial charge in [0.1, 0.15) is 11.2 Å². The number of fused-ring (bicyclic) bond motifs is 6. The van der Waals surface area contributed by atoms with Gasteiger partial charge < -0.3 is 4.42 Å². The molecule has 4 nitrogen and oxygen atoms in total. The minimum atomic E-state index is 0.852. The number of aromatic nitrogens is 3. The summed E-state index contributed by atoms with van der Waals surface area (Å²) < 4.78 is 6.24. The Morgan fingerprint density at radius 1 is 0.513 bits per heavy atom. The standard InChI is InChI=1S/C35H21N3O/c1-2-6-22(7-3-1)29-16-13-23-11-12-24-14-17-30(38-35(24)34(23)37-29)25-15-18-31-28(20-25)33-27(9-4-10-32(33)39-31)26-8-5-19-36-21-26/h1-21H. The highest BCUT2D eigenvalue weighted by Gasteiger charge is 2.15. The summed E-state index contributed by atoms with van der Waals surface area (Å²) in [5, 5.41) is 4.29. The van der Waals surface area contributed by atoms with Crippen LogP contribution in [0.25, 0.3) is 77.4 Å². The molecule has 4 heteroatoms. The fourth-order valence-electron chi connectivity index (χ4n) is 5.45. The maximum absolute atomic E-state index is 6.24. The number of pyridine rings is 3. The maximum atomic E-state index is 6.24. The Labute approximate surface area is 224 Å². The summed E-state index contributed by atoms with van der Waals surface area (Å²) in [6.07, 6.45) is 3.69. The minimum absolute atomic E-state index is 0.852. The summed E-state index contributed by atoms with van der Waals surface area (Å²) in [4.78, 5) is 14.5. The van der Waals surface area contributed by atoms with Crippen LogP contribution in [0.2, 0.25) is 0 Å². The number of nitrogens with zero attached hydrogens (tertiary/aromatic N) is 3. The molecular formula is C35H21N3O. The topological polar surface area (TPSA) is 51.8 Å². The molecule has 0 atom stereocenters. The van der Waals surface area contributed by atoms with Crippen molar-refractivity contribution in [2.45, 2.75) is 0 Å². The van der Waals surface area contributed by atoms with Crippen molar-refractivity contribution in [1.82, 2.24) is 15.0 Å². The van der Waals surface area contributed by atoms with Crippen LogP contribution in [-0.2, 0) is 0 Å². The molecule has 0 amide bonds. The first-order chi connectivity index (χ1) is 19.3. The normalized spacial score (nSPS) is 11.6. The molecule has 0 radical (unpaired) electrons. The van der Waals surface area contributed by atoms with Crippen LogP contribution in [0.4, 0.5) is 0 Å². The van der Waals surface area contributed by atoms with Gasteiger partial charge in [-0.05, 0) is 48.0 Å². The highest BCUT2D eigenvalue weighted by Crippen LogP contribution is 2.38. The van der Waals surface area contributed by atoms with E-state index in [1.165, 1.54) is 0 Å². The smallest absolute Gasteiger partial charge is 0.136 e. The summed E-state index contributed by atoms with van der Waals surface area (Å²) in [5.74, 6) is 0. The zero-order chi connectivity index (χ0) is 25.8. The molecule has 182 valence electrons. The lowest BCUT2D eigenvalue weighted by molar-refractivity contribution is 0.669. The van der Waals surface area contributed by atoms with E-state index in [4.69, 9.17) is 14.4 Å². The lowest BCUT2D eigenvalue weighted by atomic mass is 9.99. The molecule has 0 saturated carbocycles. The van der Waals surface area contributed by atoms with E-state index in [0.29, 0.717) is 0 Å². The SMILES string of the molecule is c1ccc(-c2ccc3ccc4ccc(-c5ccc6oc7cccc(-c8cccnc8)c7c6c5)nc4c3n2)cc1. The highest BCUT2D eigenvalue weighted by atomic mass is 16.3. The number of benzene rings is 4. The van der Waals surface area contributed by atoms with Crippen LogP contribution in [0.3, 0.4) is 0 Å². The number of hydrogen-bond donors (Lipinski definition) is 0. The van der Waals surface area contributed by atoms with Gasteiger partial charge in [0.05, 0.1) is 22.4 Å². The third kappa shape index (κ3) is 3.57. The molecule has 0 aliphatic rings. The third-order valence-electron chi connectivity index (χ3n) is 7.35. The van der Waals surface area contributed by atoms with Gasteiger partial charge in [-0.3, -0.25) is 4.98 Å². The van der Waals surface area contributed by atoms with Crippen LogP contribution in [0.5, 0.6) is 0 Å². The molecule has 4 aromatic carbocycles. The molecule has 0 fully saturated rings. The average molecular weight is 500 g/mol. The quantitative estimate of drug-likeness (QED) is 0.228. The molecule has 0 unspecified atom stereocenters. The second kappa shape index (κ2) is 8.61. The first-order valence-electron chi connectivity index (χ1n) is 12.9. The van der Waals surface area contributed by atoms with Crippen molar-refractivity contribution < 1.29 is 4.42 Å². The Balaban J connectivity index is 1.33. The van der Waals surface area contributed by atoms with Gasteiger partial charge in [-0.25, -0.2) is 9.97 Å². The van der Waals surface area contributed by atoms with E-state index in [0.717, 1.165) is 77.4 Å². The van der Waals surface area contributed by atoms with Crippen LogP contribution in [0.1, 0.15) is 0 Å². The number of hydrogen-bond acceptors (Lipinski definition) is 4. The van der Waals surface area contributed by atoms with Crippen molar-refractivity contribution in [2.75, 3.05) is 0 Å². The zero-order valence-corrected chi connectivity index (χ0v) is 20.9. The van der Waals surface area contributed by atoms with E-state index in [2.05, 4.69) is 77.8 Å². The van der Waals surface area contributed by atoms with Gasteiger partial charge in [0.25, 0.3) is 0 Å². The Hall–Kier alpha value is -5.35. The van der Waals surface area contributed by atoms with Crippen molar-refractivity contribution in [2.24, 2.45) is 0 Å². The van der Waals surface area contributed by atoms with Gasteiger partial charge in [-0.15, -0.1) is 0 Å². The van der Waals surface area contributed by atoms with Crippen molar-refractivity contribution in [3.8, 4) is 33.6 Å². The molecule has 0 aliphatic carbocycles. The van der Waals surface area contributed by atoms with E-state index in [-0.39, 0.29) is 0 Å². The summed E-state index contributed by atoms with van der Waals surface area (Å²) in [7, 11) is 0. The van der Waals surface area contributed by atoms with E-state index < -0.39 is 0 Å². The molecule has 0 spiro atoms. The number of rotatable bonds is 3. The summed E-state index contributed by atoms with van der Waals surface area (Å²) in [6, 6.07) is 39.4. The molecule has 4 heterocycles. The van der Waals surface area contributed by atoms with E-state index in [1.807, 2.05) is 48.7 Å². The Bertz CT molecular complexity index is 2170. The molecule has 0 N–H and O–H groups in total. The van der Waals surface area contributed by atoms with Crippen LogP contribution >= 0.6 is 0 Å². The molecular weight excluding hydrogens is 478 g/mol. The first-order valence-corrected chi connectivity index (χ1v) is 12.9. The predicted molar refractivity (Wildman–Crippen MR) is 158 cm³/mol. The van der Waals surface area contributed by atoms with Gasteiger partial charge in [-0.1, -0.05) is 72.8 Å². The fourth-order valence-corrected chi connectivity index (χ4v) is 5.45. The molecule has 0 saturated heterocycles. The molecule has 4 aromatic heterocycles. The number of furan rings is 1. The summed E-state index contributed by atoms with van der Waals surface area (Å²) in [6.45, 7) is 0. The van der Waals surface area contributed by atoms with Crippen LogP contribution in [0.15, 0.2) is 132 Å². The Morgan fingerprint density at radius 2 is 1.23 bits per heavy atom. The van der Waals surface area contributed by atoms with Crippen molar-refractivity contribution in [1.29, 1.82) is 0 Å². The second-order valence-corrected chi connectivity index (χ2v) is 9.70. The monoisotopic (exact) mass is 499 g/mol. The molecule has 39 heavy (non-hydrogen) atoms. The summed E-state index contributed by atoms with van der Waals surface area (Å²) >= 11 is 0.